The van der Waals surface area contributed by atoms with Crippen molar-refractivity contribution in [2.75, 3.05) is 5.73 Å². The van der Waals surface area contributed by atoms with Crippen molar-refractivity contribution < 1.29 is 18.3 Å². The topological polar surface area (TPSA) is 89.3 Å². The van der Waals surface area contributed by atoms with E-state index in [0.29, 0.717) is 16.9 Å². The predicted molar refractivity (Wildman–Crippen MR) is 111 cm³/mol. The summed E-state index contributed by atoms with van der Waals surface area (Å²) >= 11 is 0. The molecule has 1 atom stereocenters. The number of aryl methyl sites for hydroxylation is 2. The molecule has 0 aliphatic carbocycles. The third-order valence-electron chi connectivity index (χ3n) is 5.38. The van der Waals surface area contributed by atoms with Crippen LogP contribution in [0.2, 0.25) is 0 Å². The second-order valence-electron chi connectivity index (χ2n) is 7.58. The smallest absolute Gasteiger partial charge is 0.270 e. The van der Waals surface area contributed by atoms with Crippen LogP contribution in [-0.2, 0) is 5.60 Å². The number of anilines is 1. The Bertz CT molecular complexity index is 1300. The lowest BCUT2D eigenvalue weighted by molar-refractivity contribution is -0.0883. The summed E-state index contributed by atoms with van der Waals surface area (Å²) in [7, 11) is 0. The molecule has 31 heavy (non-hydrogen) atoms. The number of hydrogen-bond donors (Lipinski definition) is 2. The Balaban J connectivity index is 1.94. The van der Waals surface area contributed by atoms with Crippen molar-refractivity contribution in [3.05, 3.63) is 65.5 Å². The fourth-order valence-electron chi connectivity index (χ4n) is 3.43. The van der Waals surface area contributed by atoms with Crippen molar-refractivity contribution >= 4 is 11.5 Å². The van der Waals surface area contributed by atoms with Gasteiger partial charge >= 0.3 is 0 Å². The Hall–Kier alpha value is -3.46. The highest BCUT2D eigenvalue weighted by atomic mass is 19.3. The van der Waals surface area contributed by atoms with E-state index < -0.39 is 17.8 Å². The summed E-state index contributed by atoms with van der Waals surface area (Å²) in [4.78, 5) is 12.5. The highest BCUT2D eigenvalue weighted by Crippen LogP contribution is 2.34. The van der Waals surface area contributed by atoms with Gasteiger partial charge in [-0.15, -0.1) is 0 Å². The van der Waals surface area contributed by atoms with E-state index in [1.807, 2.05) is 6.92 Å². The van der Waals surface area contributed by atoms with Crippen LogP contribution in [0.15, 0.2) is 42.9 Å². The summed E-state index contributed by atoms with van der Waals surface area (Å²) in [6, 6.07) is 6.11. The maximum absolute atomic E-state index is 14.6. The number of rotatable bonds is 4. The van der Waals surface area contributed by atoms with Crippen molar-refractivity contribution in [1.82, 2.24) is 19.4 Å². The van der Waals surface area contributed by atoms with E-state index in [4.69, 9.17) is 5.73 Å². The summed E-state index contributed by atoms with van der Waals surface area (Å²) in [5.41, 5.74) is 6.80. The first-order valence-electron chi connectivity index (χ1n) is 9.48. The van der Waals surface area contributed by atoms with E-state index in [9.17, 15) is 18.3 Å². The first-order chi connectivity index (χ1) is 14.6. The van der Waals surface area contributed by atoms with Crippen molar-refractivity contribution in [2.45, 2.75) is 32.8 Å². The van der Waals surface area contributed by atoms with Crippen LogP contribution >= 0.6 is 0 Å². The number of hydrogen-bond acceptors (Lipinski definition) is 5. The Kier molecular flexibility index (Phi) is 4.93. The fourth-order valence-corrected chi connectivity index (χ4v) is 3.43. The Labute approximate surface area is 176 Å². The van der Waals surface area contributed by atoms with E-state index in [-0.39, 0.29) is 28.3 Å². The maximum Gasteiger partial charge on any atom is 0.270 e. The number of aromatic nitrogens is 4. The van der Waals surface area contributed by atoms with Crippen molar-refractivity contribution in [3.8, 4) is 22.5 Å². The molecule has 0 aliphatic rings. The van der Waals surface area contributed by atoms with Crippen LogP contribution < -0.4 is 5.73 Å². The second kappa shape index (κ2) is 7.35. The van der Waals surface area contributed by atoms with Gasteiger partial charge in [-0.05, 0) is 44.0 Å². The molecule has 4 rings (SSSR count). The number of aliphatic hydroxyl groups is 1. The van der Waals surface area contributed by atoms with Crippen LogP contribution in [0.25, 0.3) is 28.2 Å². The van der Waals surface area contributed by atoms with Crippen LogP contribution in [0.5, 0.6) is 0 Å². The number of nitrogens with two attached hydrogens (primary N) is 1. The Morgan fingerprint density at radius 2 is 1.87 bits per heavy atom. The van der Waals surface area contributed by atoms with E-state index in [1.165, 1.54) is 30.6 Å². The molecule has 0 saturated heterocycles. The second-order valence-corrected chi connectivity index (χ2v) is 7.58. The minimum atomic E-state index is -2.96. The Morgan fingerprint density at radius 1 is 1.13 bits per heavy atom. The molecule has 0 fully saturated rings. The van der Waals surface area contributed by atoms with Gasteiger partial charge in [-0.1, -0.05) is 12.1 Å². The van der Waals surface area contributed by atoms with Gasteiger partial charge in [-0.3, -0.25) is 9.38 Å². The molecule has 0 saturated carbocycles. The van der Waals surface area contributed by atoms with Gasteiger partial charge in [0, 0.05) is 23.5 Å². The molecule has 3 heterocycles. The van der Waals surface area contributed by atoms with Gasteiger partial charge in [-0.25, -0.2) is 23.1 Å². The number of benzene rings is 1. The van der Waals surface area contributed by atoms with E-state index in [1.54, 1.807) is 23.6 Å². The number of pyridine rings is 1. The quantitative estimate of drug-likeness (QED) is 0.508. The molecular formula is C22H20F3N5O. The van der Waals surface area contributed by atoms with E-state index >= 15 is 0 Å². The molecule has 1 unspecified atom stereocenters. The highest BCUT2D eigenvalue weighted by molar-refractivity contribution is 5.75. The number of imidazole rings is 1. The zero-order chi connectivity index (χ0) is 22.5. The first kappa shape index (κ1) is 20.8. The van der Waals surface area contributed by atoms with E-state index in [2.05, 4.69) is 15.0 Å². The minimum absolute atomic E-state index is 0.0658. The zero-order valence-electron chi connectivity index (χ0n) is 17.1. The molecule has 3 aromatic heterocycles. The third kappa shape index (κ3) is 3.40. The molecular weight excluding hydrogens is 407 g/mol. The minimum Gasteiger partial charge on any atom is -0.381 e. The number of alkyl halides is 2. The van der Waals surface area contributed by atoms with Gasteiger partial charge in [0.25, 0.3) is 6.43 Å². The van der Waals surface area contributed by atoms with Gasteiger partial charge in [0.15, 0.2) is 17.3 Å². The molecule has 9 heteroatoms. The van der Waals surface area contributed by atoms with Gasteiger partial charge in [0.2, 0.25) is 0 Å². The van der Waals surface area contributed by atoms with E-state index in [0.717, 1.165) is 12.5 Å². The predicted octanol–water partition coefficient (Wildman–Crippen LogP) is 4.27. The summed E-state index contributed by atoms with van der Waals surface area (Å²) < 4.78 is 43.0. The SMILES string of the molecule is Cc1ccc(C(C)(O)C(F)F)cc1-c1cnc2c(N)nc(-c3ccnc(C)c3F)cn12. The molecule has 0 aliphatic heterocycles. The van der Waals surface area contributed by atoms with Crippen LogP contribution in [0, 0.1) is 19.7 Å². The van der Waals surface area contributed by atoms with Crippen LogP contribution in [-0.4, -0.2) is 30.9 Å². The molecule has 6 nitrogen and oxygen atoms in total. The Morgan fingerprint density at radius 3 is 2.58 bits per heavy atom. The van der Waals surface area contributed by atoms with Gasteiger partial charge < -0.3 is 10.8 Å². The fraction of sp³-hybridized carbons (Fsp3) is 0.227. The molecule has 4 aromatic rings. The zero-order valence-corrected chi connectivity index (χ0v) is 17.1. The van der Waals surface area contributed by atoms with Crippen LogP contribution in [0.3, 0.4) is 0 Å². The van der Waals surface area contributed by atoms with Crippen molar-refractivity contribution in [3.63, 3.8) is 0 Å². The number of fused-ring (bicyclic) bond motifs is 1. The lowest BCUT2D eigenvalue weighted by atomic mass is 9.92. The number of nitrogen functional groups attached to an aromatic ring is 1. The lowest BCUT2D eigenvalue weighted by Crippen LogP contribution is -2.30. The highest BCUT2D eigenvalue weighted by Gasteiger charge is 2.34. The molecule has 3 N–H and O–H groups in total. The van der Waals surface area contributed by atoms with Crippen LogP contribution in [0.4, 0.5) is 19.0 Å². The van der Waals surface area contributed by atoms with Gasteiger partial charge in [0.05, 0.1) is 23.3 Å². The summed E-state index contributed by atoms with van der Waals surface area (Å²) in [6.07, 6.45) is 1.64. The molecule has 160 valence electrons. The summed E-state index contributed by atoms with van der Waals surface area (Å²) in [5.74, 6) is -0.424. The largest absolute Gasteiger partial charge is 0.381 e. The lowest BCUT2D eigenvalue weighted by Gasteiger charge is -2.23. The third-order valence-corrected chi connectivity index (χ3v) is 5.38. The number of halogens is 3. The molecule has 0 amide bonds. The van der Waals surface area contributed by atoms with Crippen molar-refractivity contribution in [2.24, 2.45) is 0 Å². The average molecular weight is 427 g/mol. The van der Waals surface area contributed by atoms with Gasteiger partial charge in [0.1, 0.15) is 5.60 Å². The molecule has 0 spiro atoms. The van der Waals surface area contributed by atoms with Gasteiger partial charge in [-0.2, -0.15) is 0 Å². The molecule has 1 aromatic carbocycles. The average Bonchev–Trinajstić information content (AvgIpc) is 3.14. The molecule has 0 bridgehead atoms. The first-order valence-corrected chi connectivity index (χ1v) is 9.48. The normalized spacial score (nSPS) is 13.7. The maximum atomic E-state index is 14.6. The summed E-state index contributed by atoms with van der Waals surface area (Å²) in [6.45, 7) is 4.43. The molecule has 0 radical (unpaired) electrons. The van der Waals surface area contributed by atoms with Crippen LogP contribution in [0.1, 0.15) is 23.7 Å². The number of nitrogens with zero attached hydrogens (tertiary/aromatic N) is 4. The monoisotopic (exact) mass is 427 g/mol. The summed E-state index contributed by atoms with van der Waals surface area (Å²) in [5, 5.41) is 10.2. The van der Waals surface area contributed by atoms with Crippen molar-refractivity contribution in [1.29, 1.82) is 0 Å². The standard InChI is InChI=1S/C22H20F3N5O/c1-11-4-5-13(22(3,31)21(24)25)8-15(11)17-9-28-20-19(26)29-16(10-30(17)20)14-6-7-27-12(2)18(14)23/h4-10,21,31H,1-3H3,(H2,26,29).